The predicted octanol–water partition coefficient (Wildman–Crippen LogP) is 1.74. The second-order valence-electron chi connectivity index (χ2n) is 5.70. The Kier molecular flexibility index (Phi) is 2.93. The molecular weight excluding hydrogens is 270 g/mol. The van der Waals surface area contributed by atoms with Gasteiger partial charge in [-0.3, -0.25) is 0 Å². The van der Waals surface area contributed by atoms with Gasteiger partial charge in [0.1, 0.15) is 12.1 Å². The SMILES string of the molecule is NC1CC(c2cc(N3CC(c4nccs4)C3)ncn2)C1. The first kappa shape index (κ1) is 12.2. The third-order valence-corrected chi connectivity index (χ3v) is 5.21. The Morgan fingerprint density at radius 3 is 2.70 bits per heavy atom. The highest BCUT2D eigenvalue weighted by Gasteiger charge is 2.32. The van der Waals surface area contributed by atoms with Crippen LogP contribution in [0.3, 0.4) is 0 Å². The molecule has 4 rings (SSSR count). The van der Waals surface area contributed by atoms with E-state index >= 15 is 0 Å². The Hall–Kier alpha value is -1.53. The summed E-state index contributed by atoms with van der Waals surface area (Å²) >= 11 is 1.74. The van der Waals surface area contributed by atoms with Crippen molar-refractivity contribution in [1.29, 1.82) is 0 Å². The molecule has 1 saturated carbocycles. The van der Waals surface area contributed by atoms with E-state index in [1.807, 2.05) is 11.6 Å². The fraction of sp³-hybridized carbons (Fsp3) is 0.500. The largest absolute Gasteiger partial charge is 0.355 e. The summed E-state index contributed by atoms with van der Waals surface area (Å²) in [7, 11) is 0. The maximum Gasteiger partial charge on any atom is 0.132 e. The van der Waals surface area contributed by atoms with E-state index in [-0.39, 0.29) is 0 Å². The molecule has 6 heteroatoms. The van der Waals surface area contributed by atoms with Crippen LogP contribution in [-0.2, 0) is 0 Å². The normalized spacial score (nSPS) is 26.1. The minimum absolute atomic E-state index is 0.358. The zero-order valence-corrected chi connectivity index (χ0v) is 12.0. The van der Waals surface area contributed by atoms with E-state index in [1.54, 1.807) is 17.7 Å². The van der Waals surface area contributed by atoms with Gasteiger partial charge in [0, 0.05) is 54.3 Å². The highest BCUT2D eigenvalue weighted by Crippen LogP contribution is 2.37. The Labute approximate surface area is 121 Å². The molecule has 104 valence electrons. The van der Waals surface area contributed by atoms with Crippen molar-refractivity contribution in [2.75, 3.05) is 18.0 Å². The molecule has 0 amide bonds. The van der Waals surface area contributed by atoms with E-state index in [0.717, 1.165) is 37.4 Å². The summed E-state index contributed by atoms with van der Waals surface area (Å²) in [6.45, 7) is 2.02. The van der Waals surface area contributed by atoms with E-state index in [2.05, 4.69) is 25.9 Å². The molecule has 2 aliphatic rings. The predicted molar refractivity (Wildman–Crippen MR) is 79.1 cm³/mol. The second kappa shape index (κ2) is 4.79. The number of hydrogen-bond donors (Lipinski definition) is 1. The van der Waals surface area contributed by atoms with Crippen LogP contribution in [0.1, 0.15) is 35.4 Å². The van der Waals surface area contributed by atoms with Crippen molar-refractivity contribution in [3.05, 3.63) is 34.7 Å². The van der Waals surface area contributed by atoms with Gasteiger partial charge < -0.3 is 10.6 Å². The molecule has 5 nitrogen and oxygen atoms in total. The zero-order chi connectivity index (χ0) is 13.5. The van der Waals surface area contributed by atoms with Gasteiger partial charge in [-0.2, -0.15) is 0 Å². The minimum atomic E-state index is 0.358. The van der Waals surface area contributed by atoms with Crippen molar-refractivity contribution >= 4 is 17.2 Å². The van der Waals surface area contributed by atoms with E-state index in [9.17, 15) is 0 Å². The second-order valence-corrected chi connectivity index (χ2v) is 6.63. The lowest BCUT2D eigenvalue weighted by Crippen LogP contribution is -2.45. The van der Waals surface area contributed by atoms with Crippen molar-refractivity contribution < 1.29 is 0 Å². The molecule has 3 heterocycles. The molecule has 0 radical (unpaired) electrons. The van der Waals surface area contributed by atoms with Crippen LogP contribution in [0.15, 0.2) is 24.0 Å². The Bertz CT molecular complexity index is 587. The standard InChI is InChI=1S/C14H17N5S/c15-11-3-9(4-11)12-5-13(18-8-17-12)19-6-10(7-19)14-16-1-2-20-14/h1-2,5,8-11H,3-4,6-7,15H2. The molecule has 2 aromatic heterocycles. The van der Waals surface area contributed by atoms with Gasteiger partial charge in [-0.05, 0) is 12.8 Å². The molecule has 1 saturated heterocycles. The van der Waals surface area contributed by atoms with Crippen LogP contribution in [-0.4, -0.2) is 34.1 Å². The summed E-state index contributed by atoms with van der Waals surface area (Å²) in [6.07, 6.45) is 5.67. The fourth-order valence-electron chi connectivity index (χ4n) is 2.92. The van der Waals surface area contributed by atoms with E-state index in [0.29, 0.717) is 17.9 Å². The Morgan fingerprint density at radius 1 is 1.15 bits per heavy atom. The summed E-state index contributed by atoms with van der Waals surface area (Å²) in [5.74, 6) is 2.14. The number of rotatable bonds is 3. The van der Waals surface area contributed by atoms with Gasteiger partial charge in [0.2, 0.25) is 0 Å². The summed E-state index contributed by atoms with van der Waals surface area (Å²) in [5.41, 5.74) is 7.00. The minimum Gasteiger partial charge on any atom is -0.355 e. The lowest BCUT2D eigenvalue weighted by Gasteiger charge is -2.39. The zero-order valence-electron chi connectivity index (χ0n) is 11.1. The van der Waals surface area contributed by atoms with Crippen molar-refractivity contribution in [2.45, 2.75) is 30.7 Å². The topological polar surface area (TPSA) is 67.9 Å². The first-order valence-corrected chi connectivity index (χ1v) is 7.89. The van der Waals surface area contributed by atoms with Crippen LogP contribution >= 0.6 is 11.3 Å². The van der Waals surface area contributed by atoms with Gasteiger partial charge in [-0.25, -0.2) is 15.0 Å². The molecule has 0 atom stereocenters. The van der Waals surface area contributed by atoms with Gasteiger partial charge in [-0.15, -0.1) is 11.3 Å². The lowest BCUT2D eigenvalue weighted by atomic mass is 9.78. The summed E-state index contributed by atoms with van der Waals surface area (Å²) in [5, 5.41) is 3.28. The van der Waals surface area contributed by atoms with Crippen LogP contribution in [0.25, 0.3) is 0 Å². The molecule has 2 aromatic rings. The quantitative estimate of drug-likeness (QED) is 0.931. The molecule has 0 unspecified atom stereocenters. The van der Waals surface area contributed by atoms with Crippen molar-refractivity contribution in [3.8, 4) is 0 Å². The number of aromatic nitrogens is 3. The van der Waals surface area contributed by atoms with E-state index in [1.165, 1.54) is 5.01 Å². The summed E-state index contributed by atoms with van der Waals surface area (Å²) < 4.78 is 0. The molecule has 0 bridgehead atoms. The van der Waals surface area contributed by atoms with Crippen molar-refractivity contribution in [2.24, 2.45) is 5.73 Å². The molecule has 1 aliphatic heterocycles. The number of nitrogens with two attached hydrogens (primary N) is 1. The van der Waals surface area contributed by atoms with Gasteiger partial charge in [0.05, 0.1) is 5.01 Å². The number of hydrogen-bond acceptors (Lipinski definition) is 6. The van der Waals surface area contributed by atoms with Crippen LogP contribution < -0.4 is 10.6 Å². The Balaban J connectivity index is 1.44. The summed E-state index contributed by atoms with van der Waals surface area (Å²) in [6, 6.07) is 2.49. The molecule has 2 fully saturated rings. The molecular formula is C14H17N5S. The van der Waals surface area contributed by atoms with Gasteiger partial charge in [-0.1, -0.05) is 0 Å². The third kappa shape index (κ3) is 2.09. The first-order chi connectivity index (χ1) is 9.79. The number of anilines is 1. The molecule has 0 aromatic carbocycles. The maximum atomic E-state index is 5.85. The van der Waals surface area contributed by atoms with E-state index in [4.69, 9.17) is 5.73 Å². The lowest BCUT2D eigenvalue weighted by molar-refractivity contribution is 0.344. The maximum absolute atomic E-state index is 5.85. The fourth-order valence-corrected chi connectivity index (χ4v) is 3.64. The number of nitrogens with zero attached hydrogens (tertiary/aromatic N) is 4. The number of thiazole rings is 1. The molecule has 2 N–H and O–H groups in total. The summed E-state index contributed by atoms with van der Waals surface area (Å²) in [4.78, 5) is 15.5. The average molecular weight is 287 g/mol. The third-order valence-electron chi connectivity index (χ3n) is 4.27. The molecule has 1 aliphatic carbocycles. The monoisotopic (exact) mass is 287 g/mol. The van der Waals surface area contributed by atoms with Gasteiger partial charge >= 0.3 is 0 Å². The van der Waals surface area contributed by atoms with Crippen LogP contribution in [0.5, 0.6) is 0 Å². The average Bonchev–Trinajstić information content (AvgIpc) is 2.87. The van der Waals surface area contributed by atoms with Crippen LogP contribution in [0, 0.1) is 0 Å². The molecule has 20 heavy (non-hydrogen) atoms. The molecule has 0 spiro atoms. The Morgan fingerprint density at radius 2 is 2.00 bits per heavy atom. The van der Waals surface area contributed by atoms with Crippen LogP contribution in [0.2, 0.25) is 0 Å². The van der Waals surface area contributed by atoms with Gasteiger partial charge in [0.15, 0.2) is 0 Å². The smallest absolute Gasteiger partial charge is 0.132 e. The van der Waals surface area contributed by atoms with Crippen molar-refractivity contribution in [1.82, 2.24) is 15.0 Å². The van der Waals surface area contributed by atoms with Crippen molar-refractivity contribution in [3.63, 3.8) is 0 Å². The van der Waals surface area contributed by atoms with E-state index < -0.39 is 0 Å². The van der Waals surface area contributed by atoms with Crippen LogP contribution in [0.4, 0.5) is 5.82 Å². The highest BCUT2D eigenvalue weighted by molar-refractivity contribution is 7.09. The highest BCUT2D eigenvalue weighted by atomic mass is 32.1. The van der Waals surface area contributed by atoms with Gasteiger partial charge in [0.25, 0.3) is 0 Å². The first-order valence-electron chi connectivity index (χ1n) is 7.01.